The van der Waals surface area contributed by atoms with E-state index >= 15 is 0 Å². The predicted molar refractivity (Wildman–Crippen MR) is 113 cm³/mol. The first-order valence-corrected chi connectivity index (χ1v) is 10.7. The Morgan fingerprint density at radius 2 is 1.68 bits per heavy atom. The monoisotopic (exact) mass is 422 g/mol. The van der Waals surface area contributed by atoms with Gasteiger partial charge in [0.1, 0.15) is 5.75 Å². The van der Waals surface area contributed by atoms with Gasteiger partial charge in [-0.2, -0.15) is 0 Å². The number of aryl methyl sites for hydroxylation is 1. The van der Waals surface area contributed by atoms with Crippen LogP contribution in [0.3, 0.4) is 0 Å². The Hall–Kier alpha value is -3.22. The molecule has 0 spiro atoms. The second-order valence-electron chi connectivity index (χ2n) is 8.37. The van der Waals surface area contributed by atoms with E-state index < -0.39 is 0 Å². The van der Waals surface area contributed by atoms with Crippen molar-refractivity contribution in [1.82, 2.24) is 9.80 Å². The first kappa shape index (κ1) is 19.7. The summed E-state index contributed by atoms with van der Waals surface area (Å²) in [6.07, 6.45) is 0.863. The number of carbonyl (C=O) groups excluding carboxylic acids is 2. The Morgan fingerprint density at radius 3 is 2.45 bits per heavy atom. The maximum Gasteiger partial charge on any atom is 0.260 e. The van der Waals surface area contributed by atoms with Gasteiger partial charge in [0, 0.05) is 32.1 Å². The fraction of sp³-hybridized carbons (Fsp3) is 0.417. The van der Waals surface area contributed by atoms with E-state index in [-0.39, 0.29) is 37.0 Å². The number of rotatable bonds is 5. The number of hydrogen-bond acceptors (Lipinski definition) is 5. The lowest BCUT2D eigenvalue weighted by Crippen LogP contribution is -2.52. The highest BCUT2D eigenvalue weighted by Crippen LogP contribution is 2.50. The molecule has 2 unspecified atom stereocenters. The molecule has 2 aromatic carbocycles. The summed E-state index contributed by atoms with van der Waals surface area (Å²) in [5.41, 5.74) is 2.28. The molecule has 1 aliphatic carbocycles. The van der Waals surface area contributed by atoms with E-state index in [1.165, 1.54) is 0 Å². The van der Waals surface area contributed by atoms with Gasteiger partial charge >= 0.3 is 0 Å². The van der Waals surface area contributed by atoms with Crippen molar-refractivity contribution in [3.05, 3.63) is 53.6 Å². The second-order valence-corrected chi connectivity index (χ2v) is 8.37. The highest BCUT2D eigenvalue weighted by atomic mass is 16.7. The summed E-state index contributed by atoms with van der Waals surface area (Å²) in [7, 11) is 0. The summed E-state index contributed by atoms with van der Waals surface area (Å²) in [4.78, 5) is 29.1. The molecule has 162 valence electrons. The number of benzene rings is 2. The maximum absolute atomic E-state index is 12.9. The Bertz CT molecular complexity index is 982. The van der Waals surface area contributed by atoms with Crippen molar-refractivity contribution in [2.24, 2.45) is 5.92 Å². The Kier molecular flexibility index (Phi) is 5.18. The van der Waals surface area contributed by atoms with Crippen LogP contribution in [0.1, 0.15) is 23.5 Å². The summed E-state index contributed by atoms with van der Waals surface area (Å²) in [5.74, 6) is 2.62. The van der Waals surface area contributed by atoms with E-state index in [0.717, 1.165) is 29.0 Å². The minimum atomic E-state index is -0.0441. The summed E-state index contributed by atoms with van der Waals surface area (Å²) >= 11 is 0. The summed E-state index contributed by atoms with van der Waals surface area (Å²) in [5, 5.41) is 0. The summed E-state index contributed by atoms with van der Waals surface area (Å²) < 4.78 is 16.4. The average molecular weight is 422 g/mol. The Morgan fingerprint density at radius 1 is 0.968 bits per heavy atom. The fourth-order valence-electron chi connectivity index (χ4n) is 4.26. The topological polar surface area (TPSA) is 68.3 Å². The average Bonchev–Trinajstić information content (AvgIpc) is 3.47. The molecule has 2 aromatic rings. The highest BCUT2D eigenvalue weighted by molar-refractivity contribution is 5.84. The molecule has 7 heteroatoms. The standard InChI is InChI=1S/C24H26N2O5/c1-16-2-5-18(6-3-16)29-14-23(27)25-8-10-26(11-9-25)24(28)20-13-19(20)17-4-7-21-22(12-17)31-15-30-21/h2-7,12,19-20H,8-11,13-15H2,1H3. The first-order chi connectivity index (χ1) is 15.1. The first-order valence-electron chi connectivity index (χ1n) is 10.7. The number of ether oxygens (including phenoxy) is 3. The van der Waals surface area contributed by atoms with Crippen molar-refractivity contribution in [3.63, 3.8) is 0 Å². The molecular weight excluding hydrogens is 396 g/mol. The van der Waals surface area contributed by atoms with E-state index in [2.05, 4.69) is 0 Å². The van der Waals surface area contributed by atoms with Gasteiger partial charge in [-0.05, 0) is 49.1 Å². The quantitative estimate of drug-likeness (QED) is 0.741. The summed E-state index contributed by atoms with van der Waals surface area (Å²) in [6, 6.07) is 13.6. The molecule has 2 atom stereocenters. The molecule has 0 aromatic heterocycles. The molecule has 2 amide bonds. The maximum atomic E-state index is 12.9. The van der Waals surface area contributed by atoms with Gasteiger partial charge in [-0.3, -0.25) is 9.59 Å². The Balaban J connectivity index is 1.09. The van der Waals surface area contributed by atoms with Gasteiger partial charge in [0.05, 0.1) is 0 Å². The van der Waals surface area contributed by atoms with E-state index in [9.17, 15) is 9.59 Å². The van der Waals surface area contributed by atoms with Crippen molar-refractivity contribution < 1.29 is 23.8 Å². The van der Waals surface area contributed by atoms with Crippen molar-refractivity contribution >= 4 is 11.8 Å². The van der Waals surface area contributed by atoms with Crippen LogP contribution >= 0.6 is 0 Å². The van der Waals surface area contributed by atoms with Crippen LogP contribution in [0.2, 0.25) is 0 Å². The second kappa shape index (κ2) is 8.13. The molecule has 2 aliphatic heterocycles. The molecule has 7 nitrogen and oxygen atoms in total. The van der Waals surface area contributed by atoms with Gasteiger partial charge < -0.3 is 24.0 Å². The third-order valence-electron chi connectivity index (χ3n) is 6.26. The largest absolute Gasteiger partial charge is 0.484 e. The lowest BCUT2D eigenvalue weighted by Gasteiger charge is -2.35. The van der Waals surface area contributed by atoms with Crippen molar-refractivity contribution in [1.29, 1.82) is 0 Å². The number of hydrogen-bond donors (Lipinski definition) is 0. The highest BCUT2D eigenvalue weighted by Gasteiger charge is 2.46. The molecule has 0 radical (unpaired) electrons. The van der Waals surface area contributed by atoms with E-state index in [4.69, 9.17) is 14.2 Å². The minimum absolute atomic E-state index is 0.0197. The molecule has 31 heavy (non-hydrogen) atoms. The summed E-state index contributed by atoms with van der Waals surface area (Å²) in [6.45, 7) is 4.51. The zero-order chi connectivity index (χ0) is 21.4. The van der Waals surface area contributed by atoms with E-state index in [1.807, 2.05) is 54.3 Å². The molecule has 1 saturated heterocycles. The molecule has 3 aliphatic rings. The van der Waals surface area contributed by atoms with Gasteiger partial charge in [-0.1, -0.05) is 23.8 Å². The Labute approximate surface area is 181 Å². The van der Waals surface area contributed by atoms with Crippen LogP contribution in [0, 0.1) is 12.8 Å². The number of nitrogens with zero attached hydrogens (tertiary/aromatic N) is 2. The lowest BCUT2D eigenvalue weighted by molar-refractivity contribution is -0.141. The third kappa shape index (κ3) is 4.17. The van der Waals surface area contributed by atoms with Crippen LogP contribution < -0.4 is 14.2 Å². The zero-order valence-corrected chi connectivity index (χ0v) is 17.6. The SMILES string of the molecule is Cc1ccc(OCC(=O)N2CCN(C(=O)C3CC3c3ccc4c(c3)OCO4)CC2)cc1. The van der Waals surface area contributed by atoms with Crippen LogP contribution in [-0.2, 0) is 9.59 Å². The van der Waals surface area contributed by atoms with Crippen LogP contribution in [0.15, 0.2) is 42.5 Å². The van der Waals surface area contributed by atoms with Gasteiger partial charge in [0.2, 0.25) is 12.7 Å². The fourth-order valence-corrected chi connectivity index (χ4v) is 4.26. The normalized spacial score (nSPS) is 21.7. The van der Waals surface area contributed by atoms with Crippen LogP contribution in [-0.4, -0.2) is 61.2 Å². The van der Waals surface area contributed by atoms with Gasteiger partial charge in [0.25, 0.3) is 5.91 Å². The van der Waals surface area contributed by atoms with E-state index in [1.54, 1.807) is 4.90 Å². The zero-order valence-electron chi connectivity index (χ0n) is 17.6. The third-order valence-corrected chi connectivity index (χ3v) is 6.26. The number of carbonyl (C=O) groups is 2. The van der Waals surface area contributed by atoms with Gasteiger partial charge in [-0.25, -0.2) is 0 Å². The van der Waals surface area contributed by atoms with Gasteiger partial charge in [-0.15, -0.1) is 0 Å². The van der Waals surface area contributed by atoms with Crippen molar-refractivity contribution in [2.75, 3.05) is 39.6 Å². The van der Waals surface area contributed by atoms with Crippen LogP contribution in [0.25, 0.3) is 0 Å². The van der Waals surface area contributed by atoms with Gasteiger partial charge in [0.15, 0.2) is 18.1 Å². The molecular formula is C24H26N2O5. The van der Waals surface area contributed by atoms with E-state index in [0.29, 0.717) is 31.9 Å². The number of amides is 2. The molecule has 2 heterocycles. The van der Waals surface area contributed by atoms with Crippen molar-refractivity contribution in [3.8, 4) is 17.2 Å². The lowest BCUT2D eigenvalue weighted by atomic mass is 10.1. The minimum Gasteiger partial charge on any atom is -0.484 e. The van der Waals surface area contributed by atoms with Crippen LogP contribution in [0.5, 0.6) is 17.2 Å². The number of fused-ring (bicyclic) bond motifs is 1. The molecule has 0 N–H and O–H groups in total. The molecule has 1 saturated carbocycles. The molecule has 2 fully saturated rings. The number of piperazine rings is 1. The molecule has 0 bridgehead atoms. The molecule has 5 rings (SSSR count). The van der Waals surface area contributed by atoms with Crippen molar-refractivity contribution in [2.45, 2.75) is 19.3 Å². The smallest absolute Gasteiger partial charge is 0.260 e. The predicted octanol–water partition coefficient (Wildman–Crippen LogP) is 2.58. The van der Waals surface area contributed by atoms with Crippen LogP contribution in [0.4, 0.5) is 0 Å².